The van der Waals surface area contributed by atoms with Crippen LogP contribution in [0, 0.1) is 5.82 Å². The minimum Gasteiger partial charge on any atom is -0.480 e. The van der Waals surface area contributed by atoms with Crippen molar-refractivity contribution >= 4 is 11.9 Å². The summed E-state index contributed by atoms with van der Waals surface area (Å²) in [6.07, 6.45) is 1.44. The Morgan fingerprint density at radius 2 is 2.11 bits per heavy atom. The van der Waals surface area contributed by atoms with Gasteiger partial charge in [-0.25, -0.2) is 14.4 Å². The van der Waals surface area contributed by atoms with Gasteiger partial charge in [0, 0.05) is 11.8 Å². The lowest BCUT2D eigenvalue weighted by Crippen LogP contribution is -2.14. The molecule has 0 unspecified atom stereocenters. The summed E-state index contributed by atoms with van der Waals surface area (Å²) in [6, 6.07) is 7.78. The van der Waals surface area contributed by atoms with Gasteiger partial charge in [0.2, 0.25) is 5.95 Å². The molecule has 0 bridgehead atoms. The second-order valence-electron chi connectivity index (χ2n) is 3.49. The van der Waals surface area contributed by atoms with E-state index >= 15 is 0 Å². The smallest absolute Gasteiger partial charge is 0.322 e. The van der Waals surface area contributed by atoms with E-state index in [1.807, 2.05) is 0 Å². The Morgan fingerprint density at radius 3 is 2.83 bits per heavy atom. The van der Waals surface area contributed by atoms with E-state index in [1.165, 1.54) is 12.3 Å². The third-order valence-corrected chi connectivity index (χ3v) is 2.20. The summed E-state index contributed by atoms with van der Waals surface area (Å²) in [5.74, 6) is -1.26. The predicted octanol–water partition coefficient (Wildman–Crippen LogP) is 1.78. The first-order valence-electron chi connectivity index (χ1n) is 5.20. The van der Waals surface area contributed by atoms with E-state index in [9.17, 15) is 9.18 Å². The summed E-state index contributed by atoms with van der Waals surface area (Å²) >= 11 is 0. The summed E-state index contributed by atoms with van der Waals surface area (Å²) in [4.78, 5) is 18.3. The Kier molecular flexibility index (Phi) is 3.47. The second-order valence-corrected chi connectivity index (χ2v) is 3.49. The number of benzene rings is 1. The van der Waals surface area contributed by atoms with Gasteiger partial charge in [0.25, 0.3) is 0 Å². The van der Waals surface area contributed by atoms with Crippen molar-refractivity contribution in [2.75, 3.05) is 11.9 Å². The van der Waals surface area contributed by atoms with Crippen LogP contribution in [0.3, 0.4) is 0 Å². The number of nitrogens with one attached hydrogen (secondary N) is 1. The van der Waals surface area contributed by atoms with E-state index in [0.29, 0.717) is 11.3 Å². The maximum Gasteiger partial charge on any atom is 0.322 e. The van der Waals surface area contributed by atoms with Crippen molar-refractivity contribution in [1.82, 2.24) is 9.97 Å². The van der Waals surface area contributed by atoms with E-state index in [4.69, 9.17) is 5.11 Å². The Bertz CT molecular complexity index is 575. The maximum atomic E-state index is 13.5. The number of carbonyl (C=O) groups is 1. The number of aromatic nitrogens is 2. The average Bonchev–Trinajstić information content (AvgIpc) is 2.37. The van der Waals surface area contributed by atoms with E-state index in [2.05, 4.69) is 15.3 Å². The fourth-order valence-electron chi connectivity index (χ4n) is 1.42. The van der Waals surface area contributed by atoms with Crippen LogP contribution in [-0.2, 0) is 4.79 Å². The first kappa shape index (κ1) is 12.0. The standard InChI is InChI=1S/C12H10FN3O2/c13-9-4-2-1-3-8(9)10-5-6-14-12(16-10)15-7-11(17)18/h1-6H,7H2,(H,17,18)(H,14,15,16). The van der Waals surface area contributed by atoms with Gasteiger partial charge in [-0.15, -0.1) is 0 Å². The summed E-state index contributed by atoms with van der Waals surface area (Å²) < 4.78 is 13.5. The Balaban J connectivity index is 2.27. The molecule has 0 fully saturated rings. The van der Waals surface area contributed by atoms with Gasteiger partial charge < -0.3 is 10.4 Å². The predicted molar refractivity (Wildman–Crippen MR) is 63.6 cm³/mol. The molecule has 1 heterocycles. The van der Waals surface area contributed by atoms with Gasteiger partial charge in [-0.1, -0.05) is 12.1 Å². The lowest BCUT2D eigenvalue weighted by atomic mass is 10.1. The van der Waals surface area contributed by atoms with Gasteiger partial charge in [-0.05, 0) is 18.2 Å². The molecule has 0 aliphatic carbocycles. The zero-order valence-corrected chi connectivity index (χ0v) is 9.30. The normalized spacial score (nSPS) is 10.1. The lowest BCUT2D eigenvalue weighted by molar-refractivity contribution is -0.134. The molecular formula is C12H10FN3O2. The highest BCUT2D eigenvalue weighted by atomic mass is 19.1. The number of rotatable bonds is 4. The highest BCUT2D eigenvalue weighted by Crippen LogP contribution is 2.20. The molecule has 1 aromatic carbocycles. The topological polar surface area (TPSA) is 75.1 Å². The highest BCUT2D eigenvalue weighted by Gasteiger charge is 2.07. The number of hydrogen-bond donors (Lipinski definition) is 2. The number of aliphatic carboxylic acids is 1. The molecule has 0 saturated carbocycles. The van der Waals surface area contributed by atoms with Crippen molar-refractivity contribution in [2.45, 2.75) is 0 Å². The molecule has 92 valence electrons. The van der Waals surface area contributed by atoms with Gasteiger partial charge in [-0.2, -0.15) is 0 Å². The second kappa shape index (κ2) is 5.22. The summed E-state index contributed by atoms with van der Waals surface area (Å²) in [5, 5.41) is 11.1. The molecule has 0 spiro atoms. The van der Waals surface area contributed by atoms with Crippen LogP contribution in [0.5, 0.6) is 0 Å². The first-order valence-corrected chi connectivity index (χ1v) is 5.20. The van der Waals surface area contributed by atoms with Crippen LogP contribution in [0.15, 0.2) is 36.5 Å². The van der Waals surface area contributed by atoms with E-state index < -0.39 is 5.97 Å². The monoisotopic (exact) mass is 247 g/mol. The van der Waals surface area contributed by atoms with Crippen LogP contribution in [0.25, 0.3) is 11.3 Å². The fourth-order valence-corrected chi connectivity index (χ4v) is 1.42. The molecule has 18 heavy (non-hydrogen) atoms. The van der Waals surface area contributed by atoms with Crippen molar-refractivity contribution in [1.29, 1.82) is 0 Å². The number of carboxylic acids is 1. The maximum absolute atomic E-state index is 13.5. The minimum absolute atomic E-state index is 0.151. The van der Waals surface area contributed by atoms with Crippen molar-refractivity contribution < 1.29 is 14.3 Å². The minimum atomic E-state index is -1.02. The van der Waals surface area contributed by atoms with E-state index in [-0.39, 0.29) is 18.3 Å². The number of carboxylic acid groups (broad SMARTS) is 1. The zero-order valence-electron chi connectivity index (χ0n) is 9.30. The number of nitrogens with zero attached hydrogens (tertiary/aromatic N) is 2. The molecule has 0 saturated heterocycles. The molecule has 2 rings (SSSR count). The van der Waals surface area contributed by atoms with Crippen LogP contribution in [0.2, 0.25) is 0 Å². The SMILES string of the molecule is O=C(O)CNc1nccc(-c2ccccc2F)n1. The van der Waals surface area contributed by atoms with Crippen LogP contribution in [0.4, 0.5) is 10.3 Å². The highest BCUT2D eigenvalue weighted by molar-refractivity contribution is 5.72. The fraction of sp³-hybridized carbons (Fsp3) is 0.0833. The van der Waals surface area contributed by atoms with Crippen molar-refractivity contribution in [3.8, 4) is 11.3 Å². The van der Waals surface area contributed by atoms with Gasteiger partial charge >= 0.3 is 5.97 Å². The first-order chi connectivity index (χ1) is 8.66. The summed E-state index contributed by atoms with van der Waals surface area (Å²) in [7, 11) is 0. The largest absolute Gasteiger partial charge is 0.480 e. The Labute approximate surface area is 102 Å². The number of hydrogen-bond acceptors (Lipinski definition) is 4. The third-order valence-electron chi connectivity index (χ3n) is 2.20. The molecule has 2 aromatic rings. The van der Waals surface area contributed by atoms with Gasteiger partial charge in [-0.3, -0.25) is 4.79 Å². The van der Waals surface area contributed by atoms with Crippen molar-refractivity contribution in [2.24, 2.45) is 0 Å². The third kappa shape index (κ3) is 2.79. The van der Waals surface area contributed by atoms with Crippen LogP contribution in [-0.4, -0.2) is 27.6 Å². The molecule has 1 aromatic heterocycles. The van der Waals surface area contributed by atoms with Crippen LogP contribution in [0.1, 0.15) is 0 Å². The van der Waals surface area contributed by atoms with Gasteiger partial charge in [0.15, 0.2) is 0 Å². The molecule has 0 atom stereocenters. The lowest BCUT2D eigenvalue weighted by Gasteiger charge is -2.05. The van der Waals surface area contributed by atoms with Gasteiger partial charge in [0.1, 0.15) is 12.4 Å². The van der Waals surface area contributed by atoms with E-state index in [0.717, 1.165) is 0 Å². The Morgan fingerprint density at radius 1 is 1.33 bits per heavy atom. The summed E-state index contributed by atoms with van der Waals surface area (Å²) in [6.45, 7) is -0.291. The quantitative estimate of drug-likeness (QED) is 0.861. The molecule has 0 amide bonds. The molecule has 2 N–H and O–H groups in total. The van der Waals surface area contributed by atoms with Crippen molar-refractivity contribution in [3.63, 3.8) is 0 Å². The van der Waals surface area contributed by atoms with Gasteiger partial charge in [0.05, 0.1) is 5.69 Å². The molecular weight excluding hydrogens is 237 g/mol. The summed E-state index contributed by atoms with van der Waals surface area (Å²) in [5.41, 5.74) is 0.745. The Hall–Kier alpha value is -2.50. The molecule has 5 nitrogen and oxygen atoms in total. The van der Waals surface area contributed by atoms with Crippen LogP contribution >= 0.6 is 0 Å². The molecule has 0 aliphatic rings. The van der Waals surface area contributed by atoms with E-state index in [1.54, 1.807) is 24.3 Å². The average molecular weight is 247 g/mol. The molecule has 6 heteroatoms. The van der Waals surface area contributed by atoms with Crippen LogP contribution < -0.4 is 5.32 Å². The molecule has 0 radical (unpaired) electrons. The molecule has 0 aliphatic heterocycles. The van der Waals surface area contributed by atoms with Crippen molar-refractivity contribution in [3.05, 3.63) is 42.3 Å². The zero-order chi connectivity index (χ0) is 13.0. The number of halogens is 1. The number of anilines is 1.